The first-order valence-corrected chi connectivity index (χ1v) is 12.1. The van der Waals surface area contributed by atoms with Gasteiger partial charge in [0.25, 0.3) is 0 Å². The predicted molar refractivity (Wildman–Crippen MR) is 128 cm³/mol. The van der Waals surface area contributed by atoms with Crippen LogP contribution in [0.15, 0.2) is 36.5 Å². The lowest BCUT2D eigenvalue weighted by atomic mass is 9.98. The fourth-order valence-electron chi connectivity index (χ4n) is 4.04. The smallest absolute Gasteiger partial charge is 0.303 e. The number of carbonyl (C=O) groups excluding carboxylic acids is 4. The molecule has 1 aliphatic heterocycles. The topological polar surface area (TPSA) is 175 Å². The molecule has 6 atom stereocenters. The Bertz CT molecular complexity index is 1140. The number of ether oxygens (including phenoxy) is 6. The molecule has 0 amide bonds. The SMILES string of the molecule is CC(=O)OC[C@H]1O[C@@H](OCc2cn(C(CO)c3ccccc3)nn2)[C@H](OC(C)=O)[C@@H](OC(C)=O)[C@@H]1OC(C)=O. The molecule has 0 radical (unpaired) electrons. The molecule has 39 heavy (non-hydrogen) atoms. The Kier molecular flexibility index (Phi) is 10.5. The minimum absolute atomic E-state index is 0.194. The number of nitrogens with zero attached hydrogens (tertiary/aromatic N) is 3. The molecule has 1 fully saturated rings. The first-order valence-electron chi connectivity index (χ1n) is 12.1. The van der Waals surface area contributed by atoms with E-state index < -0.39 is 60.6 Å². The van der Waals surface area contributed by atoms with Gasteiger partial charge in [-0.2, -0.15) is 0 Å². The molecule has 2 aromatic rings. The Labute approximate surface area is 224 Å². The maximum Gasteiger partial charge on any atom is 0.303 e. The molecule has 1 saturated heterocycles. The Balaban J connectivity index is 1.85. The average Bonchev–Trinajstić information content (AvgIpc) is 3.33. The van der Waals surface area contributed by atoms with Gasteiger partial charge in [-0.25, -0.2) is 4.68 Å². The summed E-state index contributed by atoms with van der Waals surface area (Å²) in [5.74, 6) is -2.85. The second kappa shape index (κ2) is 13.8. The molecule has 0 aliphatic carbocycles. The van der Waals surface area contributed by atoms with Gasteiger partial charge in [0.1, 0.15) is 24.4 Å². The van der Waals surface area contributed by atoms with Crippen LogP contribution in [0.4, 0.5) is 0 Å². The summed E-state index contributed by atoms with van der Waals surface area (Å²) >= 11 is 0. The van der Waals surface area contributed by atoms with Crippen molar-refractivity contribution in [1.29, 1.82) is 0 Å². The van der Waals surface area contributed by atoms with Gasteiger partial charge in [-0.1, -0.05) is 35.5 Å². The average molecular weight is 550 g/mol. The van der Waals surface area contributed by atoms with Gasteiger partial charge in [0, 0.05) is 27.7 Å². The summed E-state index contributed by atoms with van der Waals surface area (Å²) in [6.45, 7) is 3.79. The number of aromatic nitrogens is 3. The van der Waals surface area contributed by atoms with E-state index in [1.165, 1.54) is 11.6 Å². The van der Waals surface area contributed by atoms with Crippen molar-refractivity contribution in [2.45, 2.75) is 71.0 Å². The van der Waals surface area contributed by atoms with Gasteiger partial charge in [-0.3, -0.25) is 19.2 Å². The van der Waals surface area contributed by atoms with E-state index in [2.05, 4.69) is 10.3 Å². The summed E-state index contributed by atoms with van der Waals surface area (Å²) in [7, 11) is 0. The number of hydrogen-bond donors (Lipinski definition) is 1. The molecule has 1 aliphatic rings. The number of rotatable bonds is 11. The summed E-state index contributed by atoms with van der Waals surface area (Å²) in [4.78, 5) is 47.2. The van der Waals surface area contributed by atoms with Crippen LogP contribution in [0.3, 0.4) is 0 Å². The van der Waals surface area contributed by atoms with Crippen LogP contribution in [0.25, 0.3) is 0 Å². The van der Waals surface area contributed by atoms with Crippen LogP contribution in [-0.2, 0) is 54.2 Å². The van der Waals surface area contributed by atoms with Crippen molar-refractivity contribution in [2.75, 3.05) is 13.2 Å². The van der Waals surface area contributed by atoms with Crippen LogP contribution in [-0.4, -0.2) is 87.9 Å². The normalized spacial score (nSPS) is 23.4. The molecule has 1 unspecified atom stereocenters. The monoisotopic (exact) mass is 549 g/mol. The van der Waals surface area contributed by atoms with Gasteiger partial charge in [0.05, 0.1) is 19.4 Å². The van der Waals surface area contributed by atoms with Crippen LogP contribution in [0.2, 0.25) is 0 Å². The van der Waals surface area contributed by atoms with Crippen molar-refractivity contribution in [3.8, 4) is 0 Å². The van der Waals surface area contributed by atoms with E-state index in [0.717, 1.165) is 26.3 Å². The Morgan fingerprint density at radius 2 is 1.54 bits per heavy atom. The first-order chi connectivity index (χ1) is 18.6. The highest BCUT2D eigenvalue weighted by molar-refractivity contribution is 5.68. The lowest BCUT2D eigenvalue weighted by Crippen LogP contribution is -2.62. The standard InChI is InChI=1S/C25H31N3O11/c1-14(30)34-13-21-22(36-15(2)31)23(37-16(3)32)24(38-17(4)33)25(39-21)35-12-19-10-28(27-26-19)20(11-29)18-8-6-5-7-9-18/h5-10,20-25,29H,11-13H2,1-4H3/t20?,21-,22-,23+,24-,25-/m1/s1. The Morgan fingerprint density at radius 1 is 0.923 bits per heavy atom. The number of hydrogen-bond acceptors (Lipinski definition) is 13. The van der Waals surface area contributed by atoms with Crippen molar-refractivity contribution in [3.05, 3.63) is 47.8 Å². The molecule has 1 aromatic heterocycles. The number of aliphatic hydroxyl groups excluding tert-OH is 1. The van der Waals surface area contributed by atoms with E-state index in [1.807, 2.05) is 30.3 Å². The van der Waals surface area contributed by atoms with Crippen LogP contribution >= 0.6 is 0 Å². The highest BCUT2D eigenvalue weighted by atomic mass is 16.7. The van der Waals surface area contributed by atoms with E-state index in [4.69, 9.17) is 28.4 Å². The number of benzene rings is 1. The van der Waals surface area contributed by atoms with Gasteiger partial charge < -0.3 is 33.5 Å². The van der Waals surface area contributed by atoms with E-state index in [1.54, 1.807) is 6.20 Å². The van der Waals surface area contributed by atoms with Crippen LogP contribution in [0, 0.1) is 0 Å². The molecule has 1 N–H and O–H groups in total. The summed E-state index contributed by atoms with van der Waals surface area (Å²) in [5.41, 5.74) is 1.16. The second-order valence-corrected chi connectivity index (χ2v) is 8.68. The molecule has 0 saturated carbocycles. The lowest BCUT2D eigenvalue weighted by Gasteiger charge is -2.43. The predicted octanol–water partition coefficient (Wildman–Crippen LogP) is 0.460. The number of carbonyl (C=O) groups is 4. The van der Waals surface area contributed by atoms with Gasteiger partial charge in [-0.05, 0) is 5.56 Å². The third kappa shape index (κ3) is 8.30. The van der Waals surface area contributed by atoms with Crippen LogP contribution in [0.1, 0.15) is 45.0 Å². The zero-order valence-electron chi connectivity index (χ0n) is 21.9. The molecule has 2 heterocycles. The highest BCUT2D eigenvalue weighted by Gasteiger charge is 2.52. The molecule has 14 nitrogen and oxygen atoms in total. The first kappa shape index (κ1) is 29.7. The minimum atomic E-state index is -1.35. The lowest BCUT2D eigenvalue weighted by molar-refractivity contribution is -0.310. The van der Waals surface area contributed by atoms with Crippen molar-refractivity contribution >= 4 is 23.9 Å². The Morgan fingerprint density at radius 3 is 2.13 bits per heavy atom. The molecular weight excluding hydrogens is 518 g/mol. The molecular formula is C25H31N3O11. The van der Waals surface area contributed by atoms with E-state index >= 15 is 0 Å². The molecule has 14 heteroatoms. The molecule has 3 rings (SSSR count). The summed E-state index contributed by atoms with van der Waals surface area (Å²) in [6.07, 6.45) is -4.90. The number of esters is 4. The third-order valence-corrected chi connectivity index (χ3v) is 5.58. The van der Waals surface area contributed by atoms with Crippen LogP contribution < -0.4 is 0 Å². The van der Waals surface area contributed by atoms with E-state index in [9.17, 15) is 24.3 Å². The van der Waals surface area contributed by atoms with Gasteiger partial charge in [0.2, 0.25) is 0 Å². The molecule has 0 bridgehead atoms. The summed E-state index contributed by atoms with van der Waals surface area (Å²) < 4.78 is 34.4. The van der Waals surface area contributed by atoms with Gasteiger partial charge in [-0.15, -0.1) is 5.10 Å². The third-order valence-electron chi connectivity index (χ3n) is 5.58. The van der Waals surface area contributed by atoms with Crippen molar-refractivity contribution in [2.24, 2.45) is 0 Å². The summed E-state index contributed by atoms with van der Waals surface area (Å²) in [6, 6.07) is 8.73. The molecule has 212 valence electrons. The second-order valence-electron chi connectivity index (χ2n) is 8.68. The van der Waals surface area contributed by atoms with Crippen LogP contribution in [0.5, 0.6) is 0 Å². The number of aliphatic hydroxyl groups is 1. The zero-order chi connectivity index (χ0) is 28.5. The van der Waals surface area contributed by atoms with Crippen molar-refractivity contribution < 1.29 is 52.7 Å². The summed E-state index contributed by atoms with van der Waals surface area (Å²) in [5, 5.41) is 18.0. The fraction of sp³-hybridized carbons (Fsp3) is 0.520. The minimum Gasteiger partial charge on any atom is -0.463 e. The maximum absolute atomic E-state index is 11.9. The maximum atomic E-state index is 11.9. The largest absolute Gasteiger partial charge is 0.463 e. The van der Waals surface area contributed by atoms with E-state index in [0.29, 0.717) is 5.69 Å². The zero-order valence-corrected chi connectivity index (χ0v) is 21.9. The highest BCUT2D eigenvalue weighted by Crippen LogP contribution is 2.30. The van der Waals surface area contributed by atoms with E-state index in [-0.39, 0.29) is 19.8 Å². The molecule has 0 spiro atoms. The quantitative estimate of drug-likeness (QED) is 0.303. The molecule has 1 aromatic carbocycles. The Hall–Kier alpha value is -3.88. The van der Waals surface area contributed by atoms with Gasteiger partial charge >= 0.3 is 23.9 Å². The van der Waals surface area contributed by atoms with Gasteiger partial charge in [0.15, 0.2) is 24.6 Å². The van der Waals surface area contributed by atoms with Crippen molar-refractivity contribution in [3.63, 3.8) is 0 Å². The van der Waals surface area contributed by atoms with Crippen molar-refractivity contribution in [1.82, 2.24) is 15.0 Å². The fourth-order valence-corrected chi connectivity index (χ4v) is 4.04.